The molecule has 0 bridgehead atoms. The van der Waals surface area contributed by atoms with Crippen LogP contribution in [0, 0.1) is 12.7 Å². The molecule has 5 heterocycles. The maximum Gasteiger partial charge on any atom is 0.256 e. The number of aromatic amines is 1. The molecule has 2 aromatic heterocycles. The first kappa shape index (κ1) is 22.1. The lowest BCUT2D eigenvalue weighted by Gasteiger charge is -2.56. The summed E-state index contributed by atoms with van der Waals surface area (Å²) in [6, 6.07) is 8.86. The van der Waals surface area contributed by atoms with Crippen LogP contribution in [0.5, 0.6) is 0 Å². The summed E-state index contributed by atoms with van der Waals surface area (Å²) < 4.78 is 14.3. The number of aryl methyl sites for hydroxylation is 1. The van der Waals surface area contributed by atoms with Crippen molar-refractivity contribution in [3.05, 3.63) is 52.4 Å². The highest BCUT2D eigenvalue weighted by atomic mass is 35.5. The van der Waals surface area contributed by atoms with E-state index in [-0.39, 0.29) is 22.5 Å². The van der Waals surface area contributed by atoms with Gasteiger partial charge in [-0.25, -0.2) is 4.39 Å². The molecular weight excluding hydrogens is 473 g/mol. The number of fused-ring (bicyclic) bond motifs is 1. The van der Waals surface area contributed by atoms with Gasteiger partial charge in [0.05, 0.1) is 11.6 Å². The van der Waals surface area contributed by atoms with Gasteiger partial charge in [-0.2, -0.15) is 15.1 Å². The highest BCUT2D eigenvalue weighted by molar-refractivity contribution is 6.30. The Morgan fingerprint density at radius 3 is 2.77 bits per heavy atom. The average molecular weight is 498 g/mol. The van der Waals surface area contributed by atoms with Gasteiger partial charge in [0, 0.05) is 61.1 Å². The Balaban J connectivity index is 1.18. The number of halogens is 2. The zero-order chi connectivity index (χ0) is 24.1. The van der Waals surface area contributed by atoms with Crippen molar-refractivity contribution in [3.8, 4) is 0 Å². The van der Waals surface area contributed by atoms with E-state index >= 15 is 0 Å². The molecule has 35 heavy (non-hydrogen) atoms. The molecule has 1 amide bonds. The third-order valence-corrected chi connectivity index (χ3v) is 7.02. The molecule has 3 fully saturated rings. The van der Waals surface area contributed by atoms with Gasteiger partial charge in [0.25, 0.3) is 5.91 Å². The number of hydrogen-bond acceptors (Lipinski definition) is 8. The minimum atomic E-state index is -0.613. The fourth-order valence-corrected chi connectivity index (χ4v) is 4.94. The van der Waals surface area contributed by atoms with E-state index in [1.54, 1.807) is 4.90 Å². The Labute approximate surface area is 206 Å². The zero-order valence-electron chi connectivity index (χ0n) is 19.1. The normalized spacial score (nSPS) is 22.9. The van der Waals surface area contributed by atoms with Gasteiger partial charge in [0.2, 0.25) is 5.95 Å². The number of amides is 1. The van der Waals surface area contributed by atoms with Crippen LogP contribution in [-0.4, -0.2) is 75.3 Å². The lowest BCUT2D eigenvalue weighted by molar-refractivity contribution is 0.0787. The summed E-state index contributed by atoms with van der Waals surface area (Å²) in [7, 11) is 0. The average Bonchev–Trinajstić information content (AvgIpc) is 3.44. The second-order valence-electron chi connectivity index (χ2n) is 9.24. The topological polar surface area (TPSA) is 114 Å². The van der Waals surface area contributed by atoms with Crippen LogP contribution in [0.4, 0.5) is 27.8 Å². The molecule has 3 aliphatic heterocycles. The summed E-state index contributed by atoms with van der Waals surface area (Å²) in [5.41, 5.74) is 0.967. The van der Waals surface area contributed by atoms with Crippen LogP contribution in [0.15, 0.2) is 30.3 Å². The van der Waals surface area contributed by atoms with Gasteiger partial charge in [0.1, 0.15) is 17.5 Å². The van der Waals surface area contributed by atoms with Crippen molar-refractivity contribution in [2.75, 3.05) is 41.7 Å². The van der Waals surface area contributed by atoms with E-state index in [1.807, 2.05) is 19.1 Å². The number of likely N-dealkylation sites (tertiary alicyclic amines) is 1. The molecule has 0 aliphatic carbocycles. The van der Waals surface area contributed by atoms with Crippen LogP contribution in [-0.2, 0) is 0 Å². The number of carbonyl (C=O) groups is 1. The van der Waals surface area contributed by atoms with E-state index in [2.05, 4.69) is 36.0 Å². The maximum absolute atomic E-state index is 14.3. The van der Waals surface area contributed by atoms with Gasteiger partial charge >= 0.3 is 0 Å². The van der Waals surface area contributed by atoms with Crippen LogP contribution >= 0.6 is 11.6 Å². The molecule has 0 spiro atoms. The number of H-pyrrole nitrogens is 1. The number of aromatic nitrogens is 4. The number of nitrogens with one attached hydrogen (secondary N) is 4. The van der Waals surface area contributed by atoms with Crippen molar-refractivity contribution in [2.45, 2.75) is 31.5 Å². The summed E-state index contributed by atoms with van der Waals surface area (Å²) in [5, 5.41) is 17.4. The smallest absolute Gasteiger partial charge is 0.256 e. The molecule has 1 aromatic carbocycles. The summed E-state index contributed by atoms with van der Waals surface area (Å²) in [6.45, 7) is 4.72. The van der Waals surface area contributed by atoms with Crippen LogP contribution in [0.2, 0.25) is 5.02 Å². The quantitative estimate of drug-likeness (QED) is 0.411. The lowest BCUT2D eigenvalue weighted by Crippen LogP contribution is -2.78. The molecule has 12 heteroatoms. The number of nitrogens with zero attached hydrogens (tertiary/aromatic N) is 5. The largest absolute Gasteiger partial charge is 0.350 e. The third-order valence-electron chi connectivity index (χ3n) is 6.79. The standard InChI is InChI=1S/C23H25ClFN9O/c1-12-6-20(32-31-12)28-19-8-21(34-11-17-18(34)9-26-17)30-23(29-19)27-14-4-5-33(10-14)22(35)15-3-2-13(24)7-16(15)25/h2-3,6-8,14,17-18,26H,4-5,9-11H2,1H3,(H3,27,28,29,30,31,32)/t14-,17+,18?/m0/s1. The second kappa shape index (κ2) is 8.65. The van der Waals surface area contributed by atoms with E-state index in [0.29, 0.717) is 49.2 Å². The predicted molar refractivity (Wildman–Crippen MR) is 131 cm³/mol. The van der Waals surface area contributed by atoms with Gasteiger partial charge in [-0.1, -0.05) is 11.6 Å². The van der Waals surface area contributed by atoms with Crippen molar-refractivity contribution in [1.29, 1.82) is 0 Å². The van der Waals surface area contributed by atoms with Gasteiger partial charge in [-0.3, -0.25) is 9.89 Å². The highest BCUT2D eigenvalue weighted by Crippen LogP contribution is 2.32. The van der Waals surface area contributed by atoms with E-state index in [1.165, 1.54) is 12.1 Å². The molecule has 10 nitrogen and oxygen atoms in total. The zero-order valence-corrected chi connectivity index (χ0v) is 19.8. The SMILES string of the molecule is Cc1cc(Nc2cc(N3C[C@H]4NCC43)nc(N[C@H]3CCN(C(=O)c4ccc(Cl)cc4F)C3)n2)n[nH]1. The van der Waals surface area contributed by atoms with Crippen LogP contribution in [0.1, 0.15) is 22.5 Å². The summed E-state index contributed by atoms with van der Waals surface area (Å²) in [5.74, 6) is 1.66. The predicted octanol–water partition coefficient (Wildman–Crippen LogP) is 2.53. The number of anilines is 4. The molecule has 1 unspecified atom stereocenters. The van der Waals surface area contributed by atoms with E-state index in [0.717, 1.165) is 30.7 Å². The molecular formula is C23H25ClFN9O. The lowest BCUT2D eigenvalue weighted by atomic mass is 9.89. The number of benzene rings is 1. The second-order valence-corrected chi connectivity index (χ2v) is 9.67. The Morgan fingerprint density at radius 1 is 1.20 bits per heavy atom. The molecule has 182 valence electrons. The summed E-state index contributed by atoms with van der Waals surface area (Å²) in [6.07, 6.45) is 0.703. The van der Waals surface area contributed by atoms with Crippen molar-refractivity contribution >= 4 is 40.9 Å². The number of carbonyl (C=O) groups excluding carboxylic acids is 1. The molecule has 6 rings (SSSR count). The molecule has 3 aliphatic rings. The molecule has 3 atom stereocenters. The minimum absolute atomic E-state index is 0.0236. The summed E-state index contributed by atoms with van der Waals surface area (Å²) in [4.78, 5) is 26.2. The first-order valence-corrected chi connectivity index (χ1v) is 12.0. The third kappa shape index (κ3) is 4.25. The van der Waals surface area contributed by atoms with Crippen molar-refractivity contribution in [1.82, 2.24) is 30.4 Å². The van der Waals surface area contributed by atoms with Gasteiger partial charge < -0.3 is 25.8 Å². The monoisotopic (exact) mass is 497 g/mol. The maximum atomic E-state index is 14.3. The van der Waals surface area contributed by atoms with Gasteiger partial charge in [-0.15, -0.1) is 0 Å². The van der Waals surface area contributed by atoms with Gasteiger partial charge in [0.15, 0.2) is 5.82 Å². The minimum Gasteiger partial charge on any atom is -0.350 e. The molecule has 0 saturated carbocycles. The number of piperazine rings is 1. The Kier molecular flexibility index (Phi) is 5.45. The Bertz CT molecular complexity index is 1280. The van der Waals surface area contributed by atoms with Crippen LogP contribution in [0.3, 0.4) is 0 Å². The van der Waals surface area contributed by atoms with Gasteiger partial charge in [-0.05, 0) is 31.5 Å². The molecule has 3 saturated heterocycles. The number of hydrogen-bond donors (Lipinski definition) is 4. The van der Waals surface area contributed by atoms with Crippen LogP contribution < -0.4 is 20.9 Å². The number of rotatable bonds is 6. The van der Waals surface area contributed by atoms with E-state index in [4.69, 9.17) is 16.6 Å². The molecule has 4 N–H and O–H groups in total. The Morgan fingerprint density at radius 2 is 2.09 bits per heavy atom. The molecule has 3 aromatic rings. The van der Waals surface area contributed by atoms with Crippen molar-refractivity contribution in [3.63, 3.8) is 0 Å². The first-order chi connectivity index (χ1) is 16.9. The Hall–Kier alpha value is -3.44. The first-order valence-electron chi connectivity index (χ1n) is 11.6. The van der Waals surface area contributed by atoms with Crippen molar-refractivity contribution in [2.24, 2.45) is 0 Å². The fraction of sp³-hybridized carbons (Fsp3) is 0.391. The molecule has 0 radical (unpaired) electrons. The highest BCUT2D eigenvalue weighted by Gasteiger charge is 2.46. The van der Waals surface area contributed by atoms with E-state index < -0.39 is 5.82 Å². The van der Waals surface area contributed by atoms with Crippen LogP contribution in [0.25, 0.3) is 0 Å². The van der Waals surface area contributed by atoms with E-state index in [9.17, 15) is 9.18 Å². The van der Waals surface area contributed by atoms with Crippen molar-refractivity contribution < 1.29 is 9.18 Å². The fourth-order valence-electron chi connectivity index (χ4n) is 4.78. The summed E-state index contributed by atoms with van der Waals surface area (Å²) >= 11 is 5.82.